The van der Waals surface area contributed by atoms with E-state index < -0.39 is 11.4 Å². The van der Waals surface area contributed by atoms with Gasteiger partial charge < -0.3 is 5.11 Å². The van der Waals surface area contributed by atoms with Crippen LogP contribution in [0.25, 0.3) is 0 Å². The third-order valence-corrected chi connectivity index (χ3v) is 2.69. The molecule has 4 nitrogen and oxygen atoms in total. The molecule has 0 aliphatic carbocycles. The summed E-state index contributed by atoms with van der Waals surface area (Å²) >= 11 is 6.89. The highest BCUT2D eigenvalue weighted by molar-refractivity contribution is 7.98. The Bertz CT molecular complexity index is 403. The predicted molar refractivity (Wildman–Crippen MR) is 57.3 cm³/mol. The highest BCUT2D eigenvalue weighted by Crippen LogP contribution is 2.22. The Hall–Kier alpha value is -0.680. The third kappa shape index (κ3) is 1.88. The average molecular weight is 235 g/mol. The van der Waals surface area contributed by atoms with Crippen molar-refractivity contribution < 1.29 is 5.11 Å². The summed E-state index contributed by atoms with van der Waals surface area (Å²) in [5, 5.41) is 9.49. The van der Waals surface area contributed by atoms with Gasteiger partial charge in [0.15, 0.2) is 10.2 Å². The zero-order valence-electron chi connectivity index (χ0n) is 8.11. The molecule has 0 atom stereocenters. The van der Waals surface area contributed by atoms with Crippen molar-refractivity contribution >= 4 is 23.4 Å². The lowest BCUT2D eigenvalue weighted by atomic mass is 10.4. The van der Waals surface area contributed by atoms with Crippen molar-refractivity contribution in [2.75, 3.05) is 6.26 Å². The minimum atomic E-state index is -0.405. The Labute approximate surface area is 90.9 Å². The lowest BCUT2D eigenvalue weighted by Gasteiger charge is -2.14. The van der Waals surface area contributed by atoms with Crippen LogP contribution in [0.3, 0.4) is 0 Å². The van der Waals surface area contributed by atoms with Crippen molar-refractivity contribution in [1.29, 1.82) is 0 Å². The van der Waals surface area contributed by atoms with Crippen molar-refractivity contribution in [3.63, 3.8) is 0 Å². The fraction of sp³-hybridized carbons (Fsp3) is 0.500. The monoisotopic (exact) mass is 234 g/mol. The van der Waals surface area contributed by atoms with Gasteiger partial charge in [0.2, 0.25) is 5.88 Å². The lowest BCUT2D eigenvalue weighted by molar-refractivity contribution is 0.422. The molecule has 0 bridgehead atoms. The maximum atomic E-state index is 11.6. The molecule has 1 aromatic heterocycles. The Balaban J connectivity index is 3.53. The fourth-order valence-electron chi connectivity index (χ4n) is 1.08. The van der Waals surface area contributed by atoms with Crippen LogP contribution >= 0.6 is 23.4 Å². The summed E-state index contributed by atoms with van der Waals surface area (Å²) < 4.78 is 1.45. The first-order chi connectivity index (χ1) is 6.49. The lowest BCUT2D eigenvalue weighted by Crippen LogP contribution is -2.24. The van der Waals surface area contributed by atoms with Gasteiger partial charge in [-0.3, -0.25) is 9.36 Å². The first kappa shape index (κ1) is 11.4. The molecule has 1 aromatic rings. The highest BCUT2D eigenvalue weighted by atomic mass is 35.5. The Morgan fingerprint density at radius 2 is 2.14 bits per heavy atom. The van der Waals surface area contributed by atoms with Crippen molar-refractivity contribution in [3.8, 4) is 5.88 Å². The molecule has 0 fully saturated rings. The molecule has 1 heterocycles. The molecular weight excluding hydrogens is 224 g/mol. The highest BCUT2D eigenvalue weighted by Gasteiger charge is 2.15. The van der Waals surface area contributed by atoms with Crippen molar-refractivity contribution in [2.24, 2.45) is 0 Å². The van der Waals surface area contributed by atoms with Gasteiger partial charge >= 0.3 is 0 Å². The molecule has 0 saturated carbocycles. The van der Waals surface area contributed by atoms with Crippen molar-refractivity contribution in [2.45, 2.75) is 25.0 Å². The van der Waals surface area contributed by atoms with Gasteiger partial charge in [-0.25, -0.2) is 0 Å². The Kier molecular flexibility index (Phi) is 3.44. The normalized spacial score (nSPS) is 10.9. The number of halogens is 1. The minimum absolute atomic E-state index is 0.0319. The van der Waals surface area contributed by atoms with Gasteiger partial charge in [0.25, 0.3) is 5.56 Å². The molecule has 0 spiro atoms. The maximum absolute atomic E-state index is 11.6. The van der Waals surface area contributed by atoms with Crippen LogP contribution in [0.4, 0.5) is 0 Å². The number of aromatic nitrogens is 2. The number of nitrogens with zero attached hydrogens (tertiary/aromatic N) is 2. The summed E-state index contributed by atoms with van der Waals surface area (Å²) in [7, 11) is 0. The van der Waals surface area contributed by atoms with E-state index in [0.717, 1.165) is 0 Å². The van der Waals surface area contributed by atoms with Crippen molar-refractivity contribution in [1.82, 2.24) is 9.55 Å². The van der Waals surface area contributed by atoms with Crippen LogP contribution in [0, 0.1) is 0 Å². The van der Waals surface area contributed by atoms with E-state index in [1.54, 1.807) is 6.26 Å². The molecule has 1 rings (SSSR count). The number of hydrogen-bond donors (Lipinski definition) is 1. The number of rotatable bonds is 2. The summed E-state index contributed by atoms with van der Waals surface area (Å²) in [6, 6.07) is -0.0319. The Morgan fingerprint density at radius 3 is 2.57 bits per heavy atom. The van der Waals surface area contributed by atoms with Crippen LogP contribution < -0.4 is 5.56 Å². The van der Waals surface area contributed by atoms with Crippen LogP contribution in [-0.4, -0.2) is 20.9 Å². The predicted octanol–water partition coefficient (Wildman–Crippen LogP) is 1.91. The van der Waals surface area contributed by atoms with E-state index in [9.17, 15) is 9.90 Å². The SMILES string of the molecule is CSc1nc(O)c(Cl)c(=O)n1C(C)C. The third-order valence-electron chi connectivity index (χ3n) is 1.71. The summed E-state index contributed by atoms with van der Waals surface area (Å²) in [5.74, 6) is -0.405. The first-order valence-corrected chi connectivity index (χ1v) is 5.64. The Morgan fingerprint density at radius 1 is 1.57 bits per heavy atom. The molecule has 0 radical (unpaired) electrons. The van der Waals surface area contributed by atoms with Gasteiger partial charge in [-0.05, 0) is 20.1 Å². The van der Waals surface area contributed by atoms with Crippen LogP contribution in [-0.2, 0) is 0 Å². The molecule has 6 heteroatoms. The summed E-state index contributed by atoms with van der Waals surface area (Å²) in [6.45, 7) is 3.71. The standard InChI is InChI=1S/C8H11ClN2O2S/c1-4(2)11-7(13)5(9)6(12)10-8(11)14-3/h4,12H,1-3H3. The molecule has 14 heavy (non-hydrogen) atoms. The maximum Gasteiger partial charge on any atom is 0.277 e. The van der Waals surface area contributed by atoms with Gasteiger partial charge in [0.1, 0.15) is 0 Å². The van der Waals surface area contributed by atoms with Gasteiger partial charge in [-0.15, -0.1) is 0 Å². The molecule has 78 valence electrons. The van der Waals surface area contributed by atoms with Gasteiger partial charge in [-0.2, -0.15) is 4.98 Å². The topological polar surface area (TPSA) is 55.1 Å². The second kappa shape index (κ2) is 4.23. The van der Waals surface area contributed by atoms with Crippen LogP contribution in [0.2, 0.25) is 5.02 Å². The largest absolute Gasteiger partial charge is 0.492 e. The summed E-state index contributed by atoms with van der Waals surface area (Å²) in [5.41, 5.74) is -0.404. The zero-order chi connectivity index (χ0) is 10.9. The molecule has 0 aromatic carbocycles. The zero-order valence-corrected chi connectivity index (χ0v) is 9.69. The fourth-order valence-corrected chi connectivity index (χ4v) is 1.88. The molecule has 0 aliphatic rings. The summed E-state index contributed by atoms with van der Waals surface area (Å²) in [4.78, 5) is 15.5. The second-order valence-corrected chi connectivity index (χ2v) is 4.16. The quantitative estimate of drug-likeness (QED) is 0.627. The smallest absolute Gasteiger partial charge is 0.277 e. The average Bonchev–Trinajstić information content (AvgIpc) is 2.12. The van der Waals surface area contributed by atoms with Gasteiger partial charge in [0.05, 0.1) is 0 Å². The van der Waals surface area contributed by atoms with Crippen molar-refractivity contribution in [3.05, 3.63) is 15.4 Å². The number of hydrogen-bond acceptors (Lipinski definition) is 4. The second-order valence-electron chi connectivity index (χ2n) is 3.00. The van der Waals surface area contributed by atoms with E-state index in [-0.39, 0.29) is 11.1 Å². The molecular formula is C8H11ClN2O2S. The van der Waals surface area contributed by atoms with Crippen LogP contribution in [0.1, 0.15) is 19.9 Å². The minimum Gasteiger partial charge on any atom is -0.492 e. The van der Waals surface area contributed by atoms with Gasteiger partial charge in [-0.1, -0.05) is 23.4 Å². The van der Waals surface area contributed by atoms with Crippen LogP contribution in [0.5, 0.6) is 5.88 Å². The molecule has 0 aliphatic heterocycles. The number of thioether (sulfide) groups is 1. The van der Waals surface area contributed by atoms with Gasteiger partial charge in [0, 0.05) is 6.04 Å². The van der Waals surface area contributed by atoms with E-state index >= 15 is 0 Å². The first-order valence-electron chi connectivity index (χ1n) is 4.04. The van der Waals surface area contributed by atoms with Crippen LogP contribution in [0.15, 0.2) is 9.95 Å². The van der Waals surface area contributed by atoms with E-state index in [4.69, 9.17) is 11.6 Å². The number of aromatic hydroxyl groups is 1. The molecule has 0 amide bonds. The summed E-state index contributed by atoms with van der Waals surface area (Å²) in [6.07, 6.45) is 1.79. The molecule has 0 unspecified atom stereocenters. The van der Waals surface area contributed by atoms with E-state index in [0.29, 0.717) is 5.16 Å². The van der Waals surface area contributed by atoms with E-state index in [1.807, 2.05) is 13.8 Å². The molecule has 1 N–H and O–H groups in total. The molecule has 0 saturated heterocycles. The van der Waals surface area contributed by atoms with E-state index in [1.165, 1.54) is 16.3 Å². The van der Waals surface area contributed by atoms with E-state index in [2.05, 4.69) is 4.98 Å².